The number of allylic oxidation sites excluding steroid dienone is 1. The normalized spacial score (nSPS) is 26.8. The van der Waals surface area contributed by atoms with Crippen molar-refractivity contribution in [1.29, 1.82) is 0 Å². The molecule has 1 aliphatic heterocycles. The molecule has 68 valence electrons. The molecule has 2 atom stereocenters. The molecule has 0 saturated carbocycles. The van der Waals surface area contributed by atoms with Crippen LogP contribution in [0.5, 0.6) is 0 Å². The van der Waals surface area contributed by atoms with Gasteiger partial charge in [-0.3, -0.25) is 0 Å². The van der Waals surface area contributed by atoms with E-state index in [1.807, 2.05) is 0 Å². The molecule has 2 rings (SSSR count). The van der Waals surface area contributed by atoms with E-state index in [2.05, 4.69) is 61.4 Å². The summed E-state index contributed by atoms with van der Waals surface area (Å²) in [4.78, 5) is 2.37. The topological polar surface area (TPSA) is 3.01 Å². The molecule has 1 aliphatic rings. The van der Waals surface area contributed by atoms with Crippen LogP contribution < -0.4 is 0 Å². The third-order valence-electron chi connectivity index (χ3n) is 2.62. The minimum atomic E-state index is 0.609. The second-order valence-corrected chi connectivity index (χ2v) is 3.53. The van der Waals surface area contributed by atoms with Crippen molar-refractivity contribution in [3.63, 3.8) is 0 Å². The highest BCUT2D eigenvalue weighted by Crippen LogP contribution is 2.42. The fraction of sp³-hybridized carbons (Fsp3) is 0.333. The number of hydrogen-bond acceptors (Lipinski definition) is 1. The van der Waals surface area contributed by atoms with Gasteiger partial charge in [-0.1, -0.05) is 36.4 Å². The Kier molecular flexibility index (Phi) is 2.09. The predicted octanol–water partition coefficient (Wildman–Crippen LogP) is 2.97. The van der Waals surface area contributed by atoms with E-state index in [9.17, 15) is 0 Å². The highest BCUT2D eigenvalue weighted by atomic mass is 15.3. The van der Waals surface area contributed by atoms with E-state index in [-0.39, 0.29) is 0 Å². The summed E-state index contributed by atoms with van der Waals surface area (Å²) in [6.45, 7) is 4.32. The molecule has 0 spiro atoms. The number of hydrogen-bond donors (Lipinski definition) is 0. The molecular weight excluding hydrogens is 158 g/mol. The van der Waals surface area contributed by atoms with Crippen LogP contribution >= 0.6 is 0 Å². The maximum atomic E-state index is 2.37. The van der Waals surface area contributed by atoms with Crippen LogP contribution in [0.2, 0.25) is 0 Å². The molecule has 1 heteroatoms. The Bertz CT molecular complexity index is 302. The van der Waals surface area contributed by atoms with Gasteiger partial charge in [-0.25, -0.2) is 0 Å². The summed E-state index contributed by atoms with van der Waals surface area (Å²) in [5.41, 5.74) is 1.42. The number of nitrogens with zero attached hydrogens (tertiary/aromatic N) is 1. The molecule has 0 radical (unpaired) electrons. The number of rotatable bonds is 2. The van der Waals surface area contributed by atoms with Gasteiger partial charge in [-0.05, 0) is 25.6 Å². The Morgan fingerprint density at radius 1 is 1.23 bits per heavy atom. The van der Waals surface area contributed by atoms with Crippen molar-refractivity contribution in [1.82, 2.24) is 4.90 Å². The SMILES string of the molecule is C/C=C/N1[C@H](C)[C@@H]1c1ccccc1. The molecule has 1 saturated heterocycles. The van der Waals surface area contributed by atoms with Gasteiger partial charge in [0.25, 0.3) is 0 Å². The van der Waals surface area contributed by atoms with Crippen molar-refractivity contribution < 1.29 is 0 Å². The van der Waals surface area contributed by atoms with Gasteiger partial charge in [0.05, 0.1) is 12.1 Å². The lowest BCUT2D eigenvalue weighted by Crippen LogP contribution is -1.86. The summed E-state index contributed by atoms with van der Waals surface area (Å²) < 4.78 is 0. The smallest absolute Gasteiger partial charge is 0.0741 e. The van der Waals surface area contributed by atoms with Gasteiger partial charge in [0.15, 0.2) is 0 Å². The summed E-state index contributed by atoms with van der Waals surface area (Å²) in [5.74, 6) is 0. The monoisotopic (exact) mass is 173 g/mol. The maximum absolute atomic E-state index is 2.37. The van der Waals surface area contributed by atoms with Crippen LogP contribution in [-0.2, 0) is 0 Å². The maximum Gasteiger partial charge on any atom is 0.0741 e. The highest BCUT2D eigenvalue weighted by Gasteiger charge is 2.41. The van der Waals surface area contributed by atoms with Crippen molar-refractivity contribution in [2.75, 3.05) is 0 Å². The molecule has 1 fully saturated rings. The number of benzene rings is 1. The van der Waals surface area contributed by atoms with Crippen LogP contribution in [0.3, 0.4) is 0 Å². The van der Waals surface area contributed by atoms with Crippen LogP contribution in [-0.4, -0.2) is 10.9 Å². The van der Waals surface area contributed by atoms with Crippen LogP contribution in [0, 0.1) is 0 Å². The standard InChI is InChI=1S/C12H15N/c1-3-9-13-10(2)12(13)11-7-5-4-6-8-11/h3-10,12H,1-2H3/b9-3+/t10-,12-,13?/m1/s1. The van der Waals surface area contributed by atoms with Gasteiger partial charge in [0.1, 0.15) is 0 Å². The van der Waals surface area contributed by atoms with E-state index in [0.717, 1.165) is 0 Å². The van der Waals surface area contributed by atoms with Crippen molar-refractivity contribution in [2.45, 2.75) is 25.9 Å². The van der Waals surface area contributed by atoms with Gasteiger partial charge < -0.3 is 4.90 Å². The molecule has 13 heavy (non-hydrogen) atoms. The van der Waals surface area contributed by atoms with E-state index < -0.39 is 0 Å². The summed E-state index contributed by atoms with van der Waals surface area (Å²) in [7, 11) is 0. The second-order valence-electron chi connectivity index (χ2n) is 3.53. The lowest BCUT2D eigenvalue weighted by Gasteiger charge is -1.97. The fourth-order valence-corrected chi connectivity index (χ4v) is 1.87. The van der Waals surface area contributed by atoms with Crippen LogP contribution in [0.15, 0.2) is 42.6 Å². The van der Waals surface area contributed by atoms with Gasteiger partial charge >= 0.3 is 0 Å². The van der Waals surface area contributed by atoms with Crippen molar-refractivity contribution >= 4 is 0 Å². The molecule has 0 N–H and O–H groups in total. The lowest BCUT2D eigenvalue weighted by atomic mass is 10.1. The van der Waals surface area contributed by atoms with Gasteiger partial charge in [-0.2, -0.15) is 0 Å². The first-order chi connectivity index (χ1) is 6.34. The summed E-state index contributed by atoms with van der Waals surface area (Å²) in [6.07, 6.45) is 4.27. The molecule has 1 nitrogen and oxygen atoms in total. The zero-order chi connectivity index (χ0) is 9.26. The van der Waals surface area contributed by atoms with E-state index in [4.69, 9.17) is 0 Å². The van der Waals surface area contributed by atoms with Crippen molar-refractivity contribution in [3.8, 4) is 0 Å². The molecule has 1 aromatic carbocycles. The zero-order valence-electron chi connectivity index (χ0n) is 8.14. The van der Waals surface area contributed by atoms with Crippen LogP contribution in [0.1, 0.15) is 25.5 Å². The molecule has 0 unspecified atom stereocenters. The van der Waals surface area contributed by atoms with Gasteiger partial charge in [0, 0.05) is 0 Å². The Hall–Kier alpha value is -1.24. The molecular formula is C12H15N. The average molecular weight is 173 g/mol. The molecule has 0 aliphatic carbocycles. The summed E-state index contributed by atoms with van der Waals surface area (Å²) in [5, 5.41) is 0. The summed E-state index contributed by atoms with van der Waals surface area (Å²) in [6, 6.07) is 11.9. The predicted molar refractivity (Wildman–Crippen MR) is 55.3 cm³/mol. The highest BCUT2D eigenvalue weighted by molar-refractivity contribution is 5.27. The first-order valence-electron chi connectivity index (χ1n) is 4.80. The van der Waals surface area contributed by atoms with Crippen LogP contribution in [0.25, 0.3) is 0 Å². The van der Waals surface area contributed by atoms with Crippen LogP contribution in [0.4, 0.5) is 0 Å². The molecule has 1 heterocycles. The van der Waals surface area contributed by atoms with Gasteiger partial charge in [0.2, 0.25) is 0 Å². The molecule has 0 aromatic heterocycles. The fourth-order valence-electron chi connectivity index (χ4n) is 1.87. The van der Waals surface area contributed by atoms with Crippen molar-refractivity contribution in [3.05, 3.63) is 48.2 Å². The Morgan fingerprint density at radius 3 is 2.54 bits per heavy atom. The minimum absolute atomic E-state index is 0.609. The third kappa shape index (κ3) is 1.46. The Morgan fingerprint density at radius 2 is 1.92 bits per heavy atom. The third-order valence-corrected chi connectivity index (χ3v) is 2.62. The van der Waals surface area contributed by atoms with E-state index >= 15 is 0 Å². The largest absolute Gasteiger partial charge is 0.364 e. The van der Waals surface area contributed by atoms with E-state index in [0.29, 0.717) is 12.1 Å². The van der Waals surface area contributed by atoms with Gasteiger partial charge in [-0.15, -0.1) is 0 Å². The molecule has 0 amide bonds. The Balaban J connectivity index is 2.13. The zero-order valence-corrected chi connectivity index (χ0v) is 8.14. The molecule has 0 bridgehead atoms. The summed E-state index contributed by atoms with van der Waals surface area (Å²) >= 11 is 0. The first-order valence-corrected chi connectivity index (χ1v) is 4.80. The van der Waals surface area contributed by atoms with E-state index in [1.54, 1.807) is 0 Å². The molecule has 1 aromatic rings. The van der Waals surface area contributed by atoms with E-state index in [1.165, 1.54) is 5.56 Å². The minimum Gasteiger partial charge on any atom is -0.364 e. The second kappa shape index (κ2) is 3.25. The quantitative estimate of drug-likeness (QED) is 0.621. The van der Waals surface area contributed by atoms with Crippen molar-refractivity contribution in [2.24, 2.45) is 0 Å². The lowest BCUT2D eigenvalue weighted by molar-refractivity contribution is 0.662. The first kappa shape index (κ1) is 8.36. The average Bonchev–Trinajstić information content (AvgIpc) is 2.79. The Labute approximate surface area is 79.7 Å².